The number of hydrogen-bond acceptors (Lipinski definition) is 4. The van der Waals surface area contributed by atoms with Gasteiger partial charge in [-0.25, -0.2) is 4.98 Å². The summed E-state index contributed by atoms with van der Waals surface area (Å²) in [5, 5.41) is 9.18. The molecule has 3 N–H and O–H groups in total. The highest BCUT2D eigenvalue weighted by molar-refractivity contribution is 5.29. The van der Waals surface area contributed by atoms with Gasteiger partial charge in [-0.3, -0.25) is 4.90 Å². The molecule has 1 aliphatic heterocycles. The lowest BCUT2D eigenvalue weighted by Crippen LogP contribution is -2.31. The molecule has 0 radical (unpaired) electrons. The number of nitrogens with two attached hydrogens (primary N) is 1. The Kier molecular flexibility index (Phi) is 3.18. The number of rotatable bonds is 3. The third-order valence-corrected chi connectivity index (χ3v) is 2.94. The van der Waals surface area contributed by atoms with Gasteiger partial charge in [0, 0.05) is 18.8 Å². The first-order valence-electron chi connectivity index (χ1n) is 5.35. The van der Waals surface area contributed by atoms with Crippen LogP contribution in [0.5, 0.6) is 0 Å². The lowest BCUT2D eigenvalue weighted by molar-refractivity contribution is 0.153. The Hall–Kier alpha value is -1.13. The number of aliphatic hydroxyl groups is 1. The molecular formula is C11H17N3O. The normalized spacial score (nSPS) is 22.1. The number of nitrogen functional groups attached to an aromatic ring is 1. The molecule has 0 spiro atoms. The van der Waals surface area contributed by atoms with Crippen LogP contribution in [0.1, 0.15) is 18.4 Å². The average molecular weight is 207 g/mol. The Morgan fingerprint density at radius 3 is 3.07 bits per heavy atom. The quantitative estimate of drug-likeness (QED) is 0.762. The molecule has 0 amide bonds. The van der Waals surface area contributed by atoms with E-state index < -0.39 is 0 Å². The van der Waals surface area contributed by atoms with Crippen LogP contribution in [0.2, 0.25) is 0 Å². The van der Waals surface area contributed by atoms with Gasteiger partial charge in [-0.05, 0) is 31.0 Å². The van der Waals surface area contributed by atoms with E-state index in [4.69, 9.17) is 5.73 Å². The average Bonchev–Trinajstić information content (AvgIpc) is 2.69. The standard InChI is InChI=1S/C11H17N3O/c12-11-4-3-9(6-13-11)7-14-5-1-2-10(14)8-15/h3-4,6,10,15H,1-2,5,7-8H2,(H2,12,13). The second kappa shape index (κ2) is 4.59. The number of pyridine rings is 1. The van der Waals surface area contributed by atoms with E-state index in [1.165, 1.54) is 6.42 Å². The van der Waals surface area contributed by atoms with E-state index in [-0.39, 0.29) is 6.61 Å². The van der Waals surface area contributed by atoms with Crippen molar-refractivity contribution < 1.29 is 5.11 Å². The van der Waals surface area contributed by atoms with Crippen molar-refractivity contribution in [2.45, 2.75) is 25.4 Å². The maximum atomic E-state index is 9.18. The van der Waals surface area contributed by atoms with Gasteiger partial charge >= 0.3 is 0 Å². The predicted molar refractivity (Wildman–Crippen MR) is 59.2 cm³/mol. The number of likely N-dealkylation sites (tertiary alicyclic amines) is 1. The van der Waals surface area contributed by atoms with E-state index in [1.807, 2.05) is 18.3 Å². The lowest BCUT2D eigenvalue weighted by atomic mass is 10.2. The zero-order valence-corrected chi connectivity index (χ0v) is 8.76. The number of aromatic nitrogens is 1. The molecule has 1 fully saturated rings. The molecule has 0 aromatic carbocycles. The summed E-state index contributed by atoms with van der Waals surface area (Å²) in [7, 11) is 0. The minimum Gasteiger partial charge on any atom is -0.395 e. The fraction of sp³-hybridized carbons (Fsp3) is 0.545. The molecule has 1 aromatic rings. The van der Waals surface area contributed by atoms with Crippen molar-refractivity contribution in [1.29, 1.82) is 0 Å². The van der Waals surface area contributed by atoms with Crippen molar-refractivity contribution >= 4 is 5.82 Å². The Balaban J connectivity index is 1.99. The third-order valence-electron chi connectivity index (χ3n) is 2.94. The van der Waals surface area contributed by atoms with E-state index in [0.29, 0.717) is 11.9 Å². The zero-order chi connectivity index (χ0) is 10.7. The predicted octanol–water partition coefficient (Wildman–Crippen LogP) is 0.620. The van der Waals surface area contributed by atoms with E-state index in [0.717, 1.165) is 25.1 Å². The molecule has 2 heterocycles. The number of aliphatic hydroxyl groups excluding tert-OH is 1. The molecule has 15 heavy (non-hydrogen) atoms. The fourth-order valence-electron chi connectivity index (χ4n) is 2.07. The highest BCUT2D eigenvalue weighted by atomic mass is 16.3. The second-order valence-electron chi connectivity index (χ2n) is 4.04. The first kappa shape index (κ1) is 10.4. The molecule has 1 atom stereocenters. The molecule has 1 unspecified atom stereocenters. The van der Waals surface area contributed by atoms with Crippen molar-refractivity contribution in [2.24, 2.45) is 0 Å². The molecule has 4 nitrogen and oxygen atoms in total. The van der Waals surface area contributed by atoms with Gasteiger partial charge in [0.25, 0.3) is 0 Å². The van der Waals surface area contributed by atoms with Crippen LogP contribution in [0, 0.1) is 0 Å². The Bertz CT molecular complexity index is 312. The second-order valence-corrected chi connectivity index (χ2v) is 4.04. The van der Waals surface area contributed by atoms with Crippen molar-refractivity contribution in [3.8, 4) is 0 Å². The molecule has 2 rings (SSSR count). The van der Waals surface area contributed by atoms with E-state index in [2.05, 4.69) is 9.88 Å². The van der Waals surface area contributed by atoms with Crippen LogP contribution in [0.25, 0.3) is 0 Å². The van der Waals surface area contributed by atoms with Gasteiger partial charge in [0.2, 0.25) is 0 Å². The summed E-state index contributed by atoms with van der Waals surface area (Å²) < 4.78 is 0. The van der Waals surface area contributed by atoms with Crippen LogP contribution in [0.3, 0.4) is 0 Å². The van der Waals surface area contributed by atoms with Crippen LogP contribution in [0.4, 0.5) is 5.82 Å². The summed E-state index contributed by atoms with van der Waals surface area (Å²) in [6.45, 7) is 2.18. The smallest absolute Gasteiger partial charge is 0.123 e. The van der Waals surface area contributed by atoms with Gasteiger partial charge in [0.1, 0.15) is 5.82 Å². The Morgan fingerprint density at radius 2 is 2.40 bits per heavy atom. The summed E-state index contributed by atoms with van der Waals surface area (Å²) in [4.78, 5) is 6.36. The van der Waals surface area contributed by atoms with Crippen molar-refractivity contribution in [3.05, 3.63) is 23.9 Å². The molecular weight excluding hydrogens is 190 g/mol. The molecule has 0 aliphatic carbocycles. The fourth-order valence-corrected chi connectivity index (χ4v) is 2.07. The molecule has 1 saturated heterocycles. The van der Waals surface area contributed by atoms with E-state index >= 15 is 0 Å². The van der Waals surface area contributed by atoms with Crippen LogP contribution >= 0.6 is 0 Å². The minimum atomic E-state index is 0.252. The molecule has 1 aliphatic rings. The number of anilines is 1. The van der Waals surface area contributed by atoms with Gasteiger partial charge in [-0.2, -0.15) is 0 Å². The third kappa shape index (κ3) is 2.46. The molecule has 82 valence electrons. The van der Waals surface area contributed by atoms with Gasteiger partial charge < -0.3 is 10.8 Å². The number of hydrogen-bond donors (Lipinski definition) is 2. The SMILES string of the molecule is Nc1ccc(CN2CCCC2CO)cn1. The van der Waals surface area contributed by atoms with Gasteiger partial charge in [0.15, 0.2) is 0 Å². The molecule has 0 bridgehead atoms. The van der Waals surface area contributed by atoms with Crippen molar-refractivity contribution in [2.75, 3.05) is 18.9 Å². The maximum Gasteiger partial charge on any atom is 0.123 e. The van der Waals surface area contributed by atoms with Gasteiger partial charge in [0.05, 0.1) is 6.61 Å². The largest absolute Gasteiger partial charge is 0.395 e. The van der Waals surface area contributed by atoms with Crippen LogP contribution in [-0.4, -0.2) is 34.2 Å². The summed E-state index contributed by atoms with van der Waals surface area (Å²) in [6.07, 6.45) is 4.08. The first-order chi connectivity index (χ1) is 7.29. The van der Waals surface area contributed by atoms with Gasteiger partial charge in [-0.1, -0.05) is 6.07 Å². The summed E-state index contributed by atoms with van der Waals surface area (Å²) >= 11 is 0. The topological polar surface area (TPSA) is 62.4 Å². The first-order valence-corrected chi connectivity index (χ1v) is 5.35. The minimum absolute atomic E-state index is 0.252. The molecule has 0 saturated carbocycles. The summed E-state index contributed by atoms with van der Waals surface area (Å²) in [5.41, 5.74) is 6.68. The van der Waals surface area contributed by atoms with Crippen LogP contribution < -0.4 is 5.73 Å². The highest BCUT2D eigenvalue weighted by Gasteiger charge is 2.23. The van der Waals surface area contributed by atoms with Crippen molar-refractivity contribution in [3.63, 3.8) is 0 Å². The number of nitrogens with zero attached hydrogens (tertiary/aromatic N) is 2. The summed E-state index contributed by atoms with van der Waals surface area (Å²) in [6, 6.07) is 4.14. The lowest BCUT2D eigenvalue weighted by Gasteiger charge is -2.22. The highest BCUT2D eigenvalue weighted by Crippen LogP contribution is 2.19. The van der Waals surface area contributed by atoms with E-state index in [9.17, 15) is 5.11 Å². The van der Waals surface area contributed by atoms with E-state index in [1.54, 1.807) is 0 Å². The van der Waals surface area contributed by atoms with Gasteiger partial charge in [-0.15, -0.1) is 0 Å². The van der Waals surface area contributed by atoms with Crippen molar-refractivity contribution in [1.82, 2.24) is 9.88 Å². The van der Waals surface area contributed by atoms with Crippen LogP contribution in [-0.2, 0) is 6.54 Å². The Labute approximate surface area is 89.7 Å². The maximum absolute atomic E-state index is 9.18. The molecule has 4 heteroatoms. The molecule has 1 aromatic heterocycles. The Morgan fingerprint density at radius 1 is 1.53 bits per heavy atom. The zero-order valence-electron chi connectivity index (χ0n) is 8.76. The van der Waals surface area contributed by atoms with Crippen LogP contribution in [0.15, 0.2) is 18.3 Å². The monoisotopic (exact) mass is 207 g/mol. The summed E-state index contributed by atoms with van der Waals surface area (Å²) in [5.74, 6) is 0.555.